The van der Waals surface area contributed by atoms with Crippen LogP contribution in [-0.2, 0) is 4.79 Å². The lowest BCUT2D eigenvalue weighted by molar-refractivity contribution is -0.113. The maximum Gasteiger partial charge on any atom is 0.234 e. The molecular weight excluding hydrogens is 312 g/mol. The normalized spacial score (nSPS) is 10.4. The first kappa shape index (κ1) is 14.8. The molecule has 110 valence electrons. The second kappa shape index (κ2) is 7.24. The summed E-state index contributed by atoms with van der Waals surface area (Å²) in [5.41, 5.74) is 2.87. The lowest BCUT2D eigenvalue weighted by Crippen LogP contribution is -2.13. The average Bonchev–Trinajstić information content (AvgIpc) is 3.04. The van der Waals surface area contributed by atoms with Crippen molar-refractivity contribution in [3.8, 4) is 11.3 Å². The fourth-order valence-electron chi connectivity index (χ4n) is 1.91. The van der Waals surface area contributed by atoms with Crippen LogP contribution in [0.2, 0.25) is 0 Å². The van der Waals surface area contributed by atoms with Gasteiger partial charge in [0.15, 0.2) is 4.34 Å². The van der Waals surface area contributed by atoms with Gasteiger partial charge < -0.3 is 5.32 Å². The van der Waals surface area contributed by atoms with Crippen molar-refractivity contribution in [3.63, 3.8) is 0 Å². The molecule has 0 radical (unpaired) electrons. The lowest BCUT2D eigenvalue weighted by Gasteiger charge is -2.03. The van der Waals surface area contributed by atoms with Crippen molar-refractivity contribution in [2.45, 2.75) is 4.34 Å². The number of carbonyl (C=O) groups excluding carboxylic acids is 1. The monoisotopic (exact) mass is 326 g/mol. The van der Waals surface area contributed by atoms with Crippen LogP contribution in [0.15, 0.2) is 70.4 Å². The van der Waals surface area contributed by atoms with Crippen molar-refractivity contribution in [2.75, 3.05) is 11.1 Å². The van der Waals surface area contributed by atoms with Gasteiger partial charge in [-0.1, -0.05) is 60.3 Å². The number of rotatable bonds is 5. The number of nitrogens with zero attached hydrogens (tertiary/aromatic N) is 1. The number of amides is 1. The highest BCUT2D eigenvalue weighted by Gasteiger charge is 2.08. The topological polar surface area (TPSA) is 42.0 Å². The number of thiazole rings is 1. The second-order valence-corrected chi connectivity index (χ2v) is 6.65. The summed E-state index contributed by atoms with van der Waals surface area (Å²) in [6, 6.07) is 19.5. The van der Waals surface area contributed by atoms with Crippen molar-refractivity contribution in [1.82, 2.24) is 4.98 Å². The molecule has 3 aromatic rings. The van der Waals surface area contributed by atoms with Crippen molar-refractivity contribution < 1.29 is 4.79 Å². The van der Waals surface area contributed by atoms with Gasteiger partial charge in [-0.25, -0.2) is 4.98 Å². The standard InChI is InChI=1S/C17H14N2OS2/c20-16(18-14-9-5-2-6-10-14)12-22-17-19-15(11-21-17)13-7-3-1-4-8-13/h1-11H,12H2,(H,18,20). The Labute approximate surface area is 137 Å². The molecule has 1 N–H and O–H groups in total. The highest BCUT2D eigenvalue weighted by molar-refractivity contribution is 8.01. The molecule has 0 saturated heterocycles. The molecule has 22 heavy (non-hydrogen) atoms. The minimum Gasteiger partial charge on any atom is -0.325 e. The molecule has 0 atom stereocenters. The molecule has 1 heterocycles. The predicted octanol–water partition coefficient (Wildman–Crippen LogP) is 4.54. The first-order valence-corrected chi connectivity index (χ1v) is 8.66. The molecular formula is C17H14N2OS2. The van der Waals surface area contributed by atoms with Crippen LogP contribution in [-0.4, -0.2) is 16.6 Å². The van der Waals surface area contributed by atoms with E-state index in [0.717, 1.165) is 21.3 Å². The molecule has 0 unspecified atom stereocenters. The molecule has 3 rings (SSSR count). The van der Waals surface area contributed by atoms with E-state index < -0.39 is 0 Å². The van der Waals surface area contributed by atoms with Crippen LogP contribution in [0.4, 0.5) is 5.69 Å². The number of para-hydroxylation sites is 1. The first-order chi connectivity index (χ1) is 10.8. The van der Waals surface area contributed by atoms with Crippen LogP contribution in [0.25, 0.3) is 11.3 Å². The predicted molar refractivity (Wildman–Crippen MR) is 93.3 cm³/mol. The molecule has 0 aliphatic rings. The Hall–Kier alpha value is -2.11. The third kappa shape index (κ3) is 3.96. The van der Waals surface area contributed by atoms with E-state index in [1.54, 1.807) is 11.3 Å². The Bertz CT molecular complexity index is 742. The van der Waals surface area contributed by atoms with E-state index in [0.29, 0.717) is 5.75 Å². The number of hydrogen-bond donors (Lipinski definition) is 1. The first-order valence-electron chi connectivity index (χ1n) is 6.80. The summed E-state index contributed by atoms with van der Waals surface area (Å²) < 4.78 is 0.905. The summed E-state index contributed by atoms with van der Waals surface area (Å²) in [4.78, 5) is 16.5. The third-order valence-corrected chi connectivity index (χ3v) is 4.96. The van der Waals surface area contributed by atoms with E-state index in [4.69, 9.17) is 0 Å². The number of benzene rings is 2. The largest absolute Gasteiger partial charge is 0.325 e. The molecule has 0 bridgehead atoms. The summed E-state index contributed by atoms with van der Waals surface area (Å²) in [5, 5.41) is 4.89. The molecule has 0 fully saturated rings. The Morgan fingerprint density at radius 3 is 2.45 bits per heavy atom. The Balaban J connectivity index is 1.56. The van der Waals surface area contributed by atoms with Crippen LogP contribution in [0.1, 0.15) is 0 Å². The molecule has 1 amide bonds. The molecule has 0 aliphatic heterocycles. The van der Waals surface area contributed by atoms with Crippen LogP contribution in [0.5, 0.6) is 0 Å². The molecule has 1 aromatic heterocycles. The van der Waals surface area contributed by atoms with Gasteiger partial charge in [0.25, 0.3) is 0 Å². The lowest BCUT2D eigenvalue weighted by atomic mass is 10.2. The number of carbonyl (C=O) groups is 1. The fourth-order valence-corrected chi connectivity index (χ4v) is 3.55. The van der Waals surface area contributed by atoms with Crippen molar-refractivity contribution in [1.29, 1.82) is 0 Å². The number of nitrogens with one attached hydrogen (secondary N) is 1. The molecule has 5 heteroatoms. The van der Waals surface area contributed by atoms with Crippen LogP contribution >= 0.6 is 23.1 Å². The van der Waals surface area contributed by atoms with E-state index in [1.165, 1.54) is 11.8 Å². The summed E-state index contributed by atoms with van der Waals surface area (Å²) in [6.45, 7) is 0. The Kier molecular flexibility index (Phi) is 4.88. The van der Waals surface area contributed by atoms with Gasteiger partial charge in [0, 0.05) is 16.6 Å². The number of hydrogen-bond acceptors (Lipinski definition) is 4. The SMILES string of the molecule is O=C(CSc1nc(-c2ccccc2)cs1)Nc1ccccc1. The van der Waals surface area contributed by atoms with Crippen molar-refractivity contribution >= 4 is 34.7 Å². The van der Waals surface area contributed by atoms with Crippen molar-refractivity contribution in [2.24, 2.45) is 0 Å². The molecule has 0 saturated carbocycles. The summed E-state index contributed by atoms with van der Waals surface area (Å²) >= 11 is 3.02. The summed E-state index contributed by atoms with van der Waals surface area (Å²) in [6.07, 6.45) is 0. The molecule has 2 aromatic carbocycles. The van der Waals surface area contributed by atoms with E-state index in [-0.39, 0.29) is 5.91 Å². The molecule has 3 nitrogen and oxygen atoms in total. The Morgan fingerprint density at radius 1 is 1.05 bits per heavy atom. The number of thioether (sulfide) groups is 1. The fraction of sp³-hybridized carbons (Fsp3) is 0.0588. The number of anilines is 1. The highest BCUT2D eigenvalue weighted by Crippen LogP contribution is 2.28. The second-order valence-electron chi connectivity index (χ2n) is 4.57. The minimum absolute atomic E-state index is 0.0207. The highest BCUT2D eigenvalue weighted by atomic mass is 32.2. The van der Waals surface area contributed by atoms with Gasteiger partial charge in [-0.3, -0.25) is 4.79 Å². The van der Waals surface area contributed by atoms with E-state index in [1.807, 2.05) is 66.0 Å². The van der Waals surface area contributed by atoms with Gasteiger partial charge in [0.1, 0.15) is 0 Å². The van der Waals surface area contributed by atoms with Crippen LogP contribution < -0.4 is 5.32 Å². The van der Waals surface area contributed by atoms with E-state index >= 15 is 0 Å². The van der Waals surface area contributed by atoms with Crippen LogP contribution in [0, 0.1) is 0 Å². The van der Waals surface area contributed by atoms with E-state index in [2.05, 4.69) is 10.3 Å². The summed E-state index contributed by atoms with van der Waals surface area (Å²) in [5.74, 6) is 0.337. The smallest absolute Gasteiger partial charge is 0.234 e. The zero-order valence-electron chi connectivity index (χ0n) is 11.7. The van der Waals surface area contributed by atoms with Crippen molar-refractivity contribution in [3.05, 3.63) is 66.0 Å². The maximum atomic E-state index is 11.9. The van der Waals surface area contributed by atoms with Gasteiger partial charge in [0.05, 0.1) is 11.4 Å². The Morgan fingerprint density at radius 2 is 1.73 bits per heavy atom. The van der Waals surface area contributed by atoms with Gasteiger partial charge >= 0.3 is 0 Å². The van der Waals surface area contributed by atoms with Gasteiger partial charge in [0.2, 0.25) is 5.91 Å². The maximum absolute atomic E-state index is 11.9. The third-order valence-electron chi connectivity index (χ3n) is 2.94. The minimum atomic E-state index is -0.0207. The number of aromatic nitrogens is 1. The zero-order valence-corrected chi connectivity index (χ0v) is 13.4. The molecule has 0 aliphatic carbocycles. The average molecular weight is 326 g/mol. The quantitative estimate of drug-likeness (QED) is 0.700. The van der Waals surface area contributed by atoms with Gasteiger partial charge in [-0.15, -0.1) is 11.3 Å². The van der Waals surface area contributed by atoms with Gasteiger partial charge in [-0.05, 0) is 12.1 Å². The molecule has 0 spiro atoms. The van der Waals surface area contributed by atoms with Crippen LogP contribution in [0.3, 0.4) is 0 Å². The van der Waals surface area contributed by atoms with Gasteiger partial charge in [-0.2, -0.15) is 0 Å². The van der Waals surface area contributed by atoms with E-state index in [9.17, 15) is 4.79 Å². The zero-order chi connectivity index (χ0) is 15.2. The summed E-state index contributed by atoms with van der Waals surface area (Å²) in [7, 11) is 0.